The van der Waals surface area contributed by atoms with Gasteiger partial charge in [0.25, 0.3) is 0 Å². The van der Waals surface area contributed by atoms with E-state index in [1.807, 2.05) is 58.0 Å². The Kier molecular flexibility index (Phi) is 6.98. The first kappa shape index (κ1) is 13.4. The Morgan fingerprint density at radius 3 is 2.20 bits per heavy atom. The Bertz CT molecular complexity index is 437. The van der Waals surface area contributed by atoms with Gasteiger partial charge in [0, 0.05) is 13.0 Å². The molecule has 2 aromatic rings. The third-order valence-corrected chi connectivity index (χ3v) is 1.63. The molecule has 2 heteroatoms. The Balaban J connectivity index is 0. The van der Waals surface area contributed by atoms with Crippen LogP contribution in [0.1, 0.15) is 29.1 Å². The SMILES string of the molecule is CC.CC.O=c1ccc2ccccc2[nH]1.[HH]. The molecule has 0 saturated carbocycles. The highest BCUT2D eigenvalue weighted by Gasteiger charge is 1.89. The van der Waals surface area contributed by atoms with Gasteiger partial charge in [-0.3, -0.25) is 4.79 Å². The zero-order valence-electron chi connectivity index (χ0n) is 9.87. The molecule has 0 radical (unpaired) electrons. The van der Waals surface area contributed by atoms with Crippen molar-refractivity contribution in [1.29, 1.82) is 0 Å². The van der Waals surface area contributed by atoms with Gasteiger partial charge in [0.2, 0.25) is 5.56 Å². The number of hydrogen-bond acceptors (Lipinski definition) is 1. The minimum absolute atomic E-state index is 0. The average molecular weight is 207 g/mol. The summed E-state index contributed by atoms with van der Waals surface area (Å²) in [5, 5.41) is 1.06. The van der Waals surface area contributed by atoms with Gasteiger partial charge in [0.05, 0.1) is 0 Å². The smallest absolute Gasteiger partial charge is 0.248 e. The van der Waals surface area contributed by atoms with E-state index in [1.54, 1.807) is 0 Å². The lowest BCUT2D eigenvalue weighted by Gasteiger charge is -1.93. The van der Waals surface area contributed by atoms with Gasteiger partial charge in [-0.2, -0.15) is 0 Å². The van der Waals surface area contributed by atoms with Gasteiger partial charge in [-0.25, -0.2) is 0 Å². The molecule has 0 spiro atoms. The number of rotatable bonds is 0. The first-order valence-corrected chi connectivity index (χ1v) is 5.44. The van der Waals surface area contributed by atoms with Crippen LogP contribution in [-0.2, 0) is 0 Å². The maximum Gasteiger partial charge on any atom is 0.248 e. The highest BCUT2D eigenvalue weighted by molar-refractivity contribution is 5.77. The van der Waals surface area contributed by atoms with E-state index in [-0.39, 0.29) is 6.99 Å². The van der Waals surface area contributed by atoms with Crippen molar-refractivity contribution in [2.24, 2.45) is 0 Å². The second-order valence-electron chi connectivity index (χ2n) is 2.41. The molecule has 0 atom stereocenters. The molecule has 1 aromatic carbocycles. The Hall–Kier alpha value is -1.57. The van der Waals surface area contributed by atoms with Gasteiger partial charge in [0.15, 0.2) is 0 Å². The summed E-state index contributed by atoms with van der Waals surface area (Å²) in [4.78, 5) is 13.6. The highest BCUT2D eigenvalue weighted by atomic mass is 16.1. The van der Waals surface area contributed by atoms with Gasteiger partial charge in [-0.05, 0) is 17.5 Å². The number of aromatic nitrogens is 1. The van der Waals surface area contributed by atoms with Crippen molar-refractivity contribution in [1.82, 2.24) is 4.98 Å². The molecular weight excluding hydrogens is 186 g/mol. The van der Waals surface area contributed by atoms with Crippen molar-refractivity contribution in [3.8, 4) is 0 Å². The van der Waals surface area contributed by atoms with Crippen LogP contribution in [-0.4, -0.2) is 4.98 Å². The molecule has 15 heavy (non-hydrogen) atoms. The number of H-pyrrole nitrogens is 1. The van der Waals surface area contributed by atoms with Crippen molar-refractivity contribution >= 4 is 10.9 Å². The first-order chi connectivity index (χ1) is 7.36. The zero-order valence-corrected chi connectivity index (χ0v) is 9.87. The largest absolute Gasteiger partial charge is 0.322 e. The summed E-state index contributed by atoms with van der Waals surface area (Å²) < 4.78 is 0. The summed E-state index contributed by atoms with van der Waals surface area (Å²) in [7, 11) is 0. The van der Waals surface area contributed by atoms with Gasteiger partial charge < -0.3 is 4.98 Å². The molecule has 1 heterocycles. The molecule has 0 bridgehead atoms. The normalized spacial score (nSPS) is 8.27. The fourth-order valence-electron chi connectivity index (χ4n) is 1.10. The van der Waals surface area contributed by atoms with E-state index in [0.717, 1.165) is 10.9 Å². The van der Waals surface area contributed by atoms with Crippen molar-refractivity contribution in [3.05, 3.63) is 46.8 Å². The maximum absolute atomic E-state index is 10.8. The predicted octanol–water partition coefficient (Wildman–Crippen LogP) is 3.83. The van der Waals surface area contributed by atoms with Crippen LogP contribution in [0, 0.1) is 0 Å². The topological polar surface area (TPSA) is 32.9 Å². The fraction of sp³-hybridized carbons (Fsp3) is 0.308. The molecular formula is C13H21NO. The van der Waals surface area contributed by atoms with E-state index >= 15 is 0 Å². The molecule has 2 rings (SSSR count). The number of aromatic amines is 1. The number of benzene rings is 1. The van der Waals surface area contributed by atoms with Crippen LogP contribution in [0.5, 0.6) is 0 Å². The highest BCUT2D eigenvalue weighted by Crippen LogP contribution is 2.06. The zero-order chi connectivity index (χ0) is 11.7. The van der Waals surface area contributed by atoms with E-state index in [1.165, 1.54) is 6.07 Å². The van der Waals surface area contributed by atoms with Crippen LogP contribution in [0.4, 0.5) is 0 Å². The minimum atomic E-state index is -0.0521. The lowest BCUT2D eigenvalue weighted by atomic mass is 10.2. The van der Waals surface area contributed by atoms with E-state index < -0.39 is 0 Å². The Morgan fingerprint density at radius 2 is 1.53 bits per heavy atom. The standard InChI is InChI=1S/C9H7NO.2C2H6.H2/c11-9-6-5-7-3-1-2-4-8(7)10-9;2*1-2;/h1-6H,(H,10,11);2*1-2H3;1H. The second kappa shape index (κ2) is 7.80. The average Bonchev–Trinajstić information content (AvgIpc) is 2.34. The molecule has 1 N–H and O–H groups in total. The van der Waals surface area contributed by atoms with Crippen LogP contribution in [0.15, 0.2) is 41.2 Å². The third kappa shape index (κ3) is 3.98. The summed E-state index contributed by atoms with van der Waals surface area (Å²) >= 11 is 0. The summed E-state index contributed by atoms with van der Waals surface area (Å²) in [5.74, 6) is 0. The molecule has 0 unspecified atom stereocenters. The molecule has 0 saturated heterocycles. The number of hydrogen-bond donors (Lipinski definition) is 1. The first-order valence-electron chi connectivity index (χ1n) is 5.44. The molecule has 0 aliphatic rings. The van der Waals surface area contributed by atoms with Gasteiger partial charge in [0.1, 0.15) is 0 Å². The van der Waals surface area contributed by atoms with Gasteiger partial charge in [-0.1, -0.05) is 45.9 Å². The molecule has 1 aromatic heterocycles. The third-order valence-electron chi connectivity index (χ3n) is 1.63. The van der Waals surface area contributed by atoms with E-state index in [2.05, 4.69) is 4.98 Å². The number of pyridine rings is 1. The summed E-state index contributed by atoms with van der Waals surface area (Å²) in [6, 6.07) is 11.0. The molecule has 0 aliphatic heterocycles. The minimum Gasteiger partial charge on any atom is -0.322 e. The van der Waals surface area contributed by atoms with Gasteiger partial charge in [-0.15, -0.1) is 0 Å². The number of nitrogens with one attached hydrogen (secondary N) is 1. The molecule has 0 amide bonds. The monoisotopic (exact) mass is 207 g/mol. The number of fused-ring (bicyclic) bond motifs is 1. The van der Waals surface area contributed by atoms with Crippen LogP contribution >= 0.6 is 0 Å². The van der Waals surface area contributed by atoms with Crippen LogP contribution in [0.3, 0.4) is 0 Å². The van der Waals surface area contributed by atoms with Crippen LogP contribution in [0.25, 0.3) is 10.9 Å². The summed E-state index contributed by atoms with van der Waals surface area (Å²) in [5.41, 5.74) is 0.837. The summed E-state index contributed by atoms with van der Waals surface area (Å²) in [6.45, 7) is 8.00. The second-order valence-corrected chi connectivity index (χ2v) is 2.41. The maximum atomic E-state index is 10.8. The molecule has 0 aliphatic carbocycles. The fourth-order valence-corrected chi connectivity index (χ4v) is 1.10. The Morgan fingerprint density at radius 1 is 0.933 bits per heavy atom. The lowest BCUT2D eigenvalue weighted by Crippen LogP contribution is -2.01. The van der Waals surface area contributed by atoms with Crippen molar-refractivity contribution in [2.75, 3.05) is 0 Å². The summed E-state index contributed by atoms with van der Waals surface area (Å²) in [6.07, 6.45) is 0. The van der Waals surface area contributed by atoms with E-state index in [0.29, 0.717) is 0 Å². The predicted molar refractivity (Wildman–Crippen MR) is 69.4 cm³/mol. The lowest BCUT2D eigenvalue weighted by molar-refractivity contribution is 1.31. The Labute approximate surface area is 92.5 Å². The van der Waals surface area contributed by atoms with Crippen molar-refractivity contribution in [2.45, 2.75) is 27.7 Å². The number of para-hydroxylation sites is 1. The molecule has 2 nitrogen and oxygen atoms in total. The van der Waals surface area contributed by atoms with Gasteiger partial charge >= 0.3 is 0 Å². The van der Waals surface area contributed by atoms with Crippen LogP contribution in [0.2, 0.25) is 0 Å². The van der Waals surface area contributed by atoms with Crippen molar-refractivity contribution < 1.29 is 1.43 Å². The van der Waals surface area contributed by atoms with Crippen molar-refractivity contribution in [3.63, 3.8) is 0 Å². The molecule has 84 valence electrons. The quantitative estimate of drug-likeness (QED) is 0.699. The van der Waals surface area contributed by atoms with E-state index in [9.17, 15) is 4.79 Å². The van der Waals surface area contributed by atoms with E-state index in [4.69, 9.17) is 0 Å². The van der Waals surface area contributed by atoms with Crippen LogP contribution < -0.4 is 5.56 Å². The molecule has 0 fully saturated rings.